The van der Waals surface area contributed by atoms with E-state index in [0.29, 0.717) is 35.8 Å². The molecule has 8 nitrogen and oxygen atoms in total. The van der Waals surface area contributed by atoms with Crippen molar-refractivity contribution >= 4 is 27.8 Å². The molecule has 0 bridgehead atoms. The topological polar surface area (TPSA) is 103 Å². The summed E-state index contributed by atoms with van der Waals surface area (Å²) in [5, 5.41) is 12.6. The standard InChI is InChI=1S/C33H32BrNO7/c1-39-17-18-40-19-20-41-30-16-15-25(34)22-28(30)32(36)35-29(33(37)38)21-23-11-13-24(14-12-23)27-9-5-6-10-31(27)42-26-7-3-2-4-8-26/h2-16,22,29H,17-21H2,1H3,(H,35,36)(H,37,38)/t29-/m0/s1. The molecule has 0 aliphatic rings. The van der Waals surface area contributed by atoms with Gasteiger partial charge in [-0.15, -0.1) is 0 Å². The number of carboxylic acid groups (broad SMARTS) is 1. The van der Waals surface area contributed by atoms with E-state index >= 15 is 0 Å². The Bertz CT molecular complexity index is 1460. The van der Waals surface area contributed by atoms with Gasteiger partial charge in [0.05, 0.1) is 25.4 Å². The highest BCUT2D eigenvalue weighted by Crippen LogP contribution is 2.33. The quantitative estimate of drug-likeness (QED) is 0.146. The van der Waals surface area contributed by atoms with Crippen LogP contribution in [0.15, 0.2) is 102 Å². The zero-order valence-corrected chi connectivity index (χ0v) is 24.7. The lowest BCUT2D eigenvalue weighted by Gasteiger charge is -2.17. The number of carbonyl (C=O) groups is 2. The molecule has 218 valence electrons. The van der Waals surface area contributed by atoms with E-state index in [1.807, 2.05) is 78.9 Å². The molecule has 9 heteroatoms. The Labute approximate surface area is 253 Å². The van der Waals surface area contributed by atoms with Crippen molar-refractivity contribution in [2.45, 2.75) is 12.5 Å². The Morgan fingerprint density at radius 1 is 0.833 bits per heavy atom. The molecule has 4 aromatic carbocycles. The molecule has 0 saturated heterocycles. The van der Waals surface area contributed by atoms with Crippen molar-refractivity contribution < 1.29 is 33.6 Å². The van der Waals surface area contributed by atoms with Gasteiger partial charge in [-0.05, 0) is 47.5 Å². The predicted molar refractivity (Wildman–Crippen MR) is 163 cm³/mol. The van der Waals surface area contributed by atoms with Crippen molar-refractivity contribution in [3.63, 3.8) is 0 Å². The Morgan fingerprint density at radius 3 is 2.29 bits per heavy atom. The van der Waals surface area contributed by atoms with E-state index in [9.17, 15) is 14.7 Å². The maximum absolute atomic E-state index is 13.2. The molecule has 0 aliphatic carbocycles. The molecule has 0 saturated carbocycles. The van der Waals surface area contributed by atoms with Gasteiger partial charge in [0, 0.05) is 23.6 Å². The van der Waals surface area contributed by atoms with Crippen molar-refractivity contribution in [1.82, 2.24) is 5.32 Å². The van der Waals surface area contributed by atoms with E-state index in [1.165, 1.54) is 0 Å². The summed E-state index contributed by atoms with van der Waals surface area (Å²) in [6, 6.07) is 28.6. The molecule has 0 unspecified atom stereocenters. The lowest BCUT2D eigenvalue weighted by Crippen LogP contribution is -2.42. The van der Waals surface area contributed by atoms with E-state index in [1.54, 1.807) is 25.3 Å². The number of carbonyl (C=O) groups excluding carboxylic acids is 1. The summed E-state index contributed by atoms with van der Waals surface area (Å²) in [5.41, 5.74) is 2.80. The van der Waals surface area contributed by atoms with Gasteiger partial charge >= 0.3 is 5.97 Å². The third kappa shape index (κ3) is 8.91. The maximum Gasteiger partial charge on any atom is 0.326 e. The highest BCUT2D eigenvalue weighted by molar-refractivity contribution is 9.10. The molecule has 1 atom stereocenters. The smallest absolute Gasteiger partial charge is 0.326 e. The SMILES string of the molecule is COCCOCCOc1ccc(Br)cc1C(=O)N[C@@H](Cc1ccc(-c2ccccc2Oc2ccccc2)cc1)C(=O)O. The Kier molecular flexibility index (Phi) is 11.5. The molecule has 0 spiro atoms. The first-order valence-corrected chi connectivity index (χ1v) is 14.2. The number of benzene rings is 4. The number of halogens is 1. The normalized spacial score (nSPS) is 11.5. The van der Waals surface area contributed by atoms with Crippen LogP contribution in [0.25, 0.3) is 11.1 Å². The molecular formula is C33H32BrNO7. The first kappa shape index (κ1) is 30.8. The number of hydrogen-bond donors (Lipinski definition) is 2. The number of rotatable bonds is 15. The summed E-state index contributed by atoms with van der Waals surface area (Å²) >= 11 is 3.37. The van der Waals surface area contributed by atoms with Gasteiger partial charge in [0.2, 0.25) is 0 Å². The molecule has 1 amide bonds. The number of hydrogen-bond acceptors (Lipinski definition) is 6. The predicted octanol–water partition coefficient (Wildman–Crippen LogP) is 6.38. The van der Waals surface area contributed by atoms with Gasteiger partial charge in [0.1, 0.15) is 29.9 Å². The number of carboxylic acids is 1. The highest BCUT2D eigenvalue weighted by Gasteiger charge is 2.23. The van der Waals surface area contributed by atoms with Gasteiger partial charge in [-0.3, -0.25) is 4.79 Å². The second kappa shape index (κ2) is 15.7. The summed E-state index contributed by atoms with van der Waals surface area (Å²) in [4.78, 5) is 25.3. The van der Waals surface area contributed by atoms with Crippen LogP contribution in [0, 0.1) is 0 Å². The fraction of sp³-hybridized carbons (Fsp3) is 0.212. The number of ether oxygens (including phenoxy) is 4. The molecule has 0 heterocycles. The minimum absolute atomic E-state index is 0.0983. The minimum atomic E-state index is -1.15. The summed E-state index contributed by atoms with van der Waals surface area (Å²) in [6.07, 6.45) is 0.0983. The van der Waals surface area contributed by atoms with Crippen molar-refractivity contribution in [3.05, 3.63) is 113 Å². The first-order chi connectivity index (χ1) is 20.4. The number of nitrogens with one attached hydrogen (secondary N) is 1. The van der Waals surface area contributed by atoms with E-state index in [2.05, 4.69) is 21.2 Å². The summed E-state index contributed by atoms with van der Waals surface area (Å²) < 4.78 is 22.9. The van der Waals surface area contributed by atoms with Crippen LogP contribution in [0.1, 0.15) is 15.9 Å². The Morgan fingerprint density at radius 2 is 1.55 bits per heavy atom. The van der Waals surface area contributed by atoms with Crippen LogP contribution in [-0.2, 0) is 20.7 Å². The highest BCUT2D eigenvalue weighted by atomic mass is 79.9. The van der Waals surface area contributed by atoms with E-state index in [-0.39, 0.29) is 18.6 Å². The average Bonchev–Trinajstić information content (AvgIpc) is 3.00. The van der Waals surface area contributed by atoms with Crippen LogP contribution in [0.3, 0.4) is 0 Å². The van der Waals surface area contributed by atoms with Crippen LogP contribution < -0.4 is 14.8 Å². The minimum Gasteiger partial charge on any atom is -0.490 e. The maximum atomic E-state index is 13.2. The zero-order valence-electron chi connectivity index (χ0n) is 23.1. The molecule has 0 fully saturated rings. The molecular weight excluding hydrogens is 602 g/mol. The Hall–Kier alpha value is -4.18. The second-order valence-corrected chi connectivity index (χ2v) is 10.2. The van der Waals surface area contributed by atoms with Crippen LogP contribution in [-0.4, -0.2) is 56.6 Å². The van der Waals surface area contributed by atoms with Crippen molar-refractivity contribution in [2.24, 2.45) is 0 Å². The van der Waals surface area contributed by atoms with Gasteiger partial charge in [-0.2, -0.15) is 0 Å². The van der Waals surface area contributed by atoms with E-state index < -0.39 is 17.9 Å². The number of aliphatic carboxylic acids is 1. The fourth-order valence-corrected chi connectivity index (χ4v) is 4.52. The van der Waals surface area contributed by atoms with Gasteiger partial charge < -0.3 is 29.4 Å². The van der Waals surface area contributed by atoms with Crippen LogP contribution in [0.4, 0.5) is 0 Å². The summed E-state index contributed by atoms with van der Waals surface area (Å²) in [7, 11) is 1.59. The Balaban J connectivity index is 1.43. The van der Waals surface area contributed by atoms with Crippen molar-refractivity contribution in [2.75, 3.05) is 33.5 Å². The average molecular weight is 635 g/mol. The van der Waals surface area contributed by atoms with Gasteiger partial charge in [-0.25, -0.2) is 4.79 Å². The summed E-state index contributed by atoms with van der Waals surface area (Å²) in [6.45, 7) is 1.45. The molecule has 4 rings (SSSR count). The third-order valence-electron chi connectivity index (χ3n) is 6.27. The first-order valence-electron chi connectivity index (χ1n) is 13.4. The number of amides is 1. The zero-order chi connectivity index (χ0) is 29.7. The largest absolute Gasteiger partial charge is 0.490 e. The van der Waals surface area contributed by atoms with Crippen LogP contribution >= 0.6 is 15.9 Å². The number of para-hydroxylation sites is 2. The van der Waals surface area contributed by atoms with Crippen molar-refractivity contribution in [3.8, 4) is 28.4 Å². The third-order valence-corrected chi connectivity index (χ3v) is 6.76. The van der Waals surface area contributed by atoms with E-state index in [0.717, 1.165) is 22.4 Å². The summed E-state index contributed by atoms with van der Waals surface area (Å²) in [5.74, 6) is 0.0771. The van der Waals surface area contributed by atoms with E-state index in [4.69, 9.17) is 18.9 Å². The molecule has 4 aromatic rings. The molecule has 42 heavy (non-hydrogen) atoms. The van der Waals surface area contributed by atoms with Gasteiger partial charge in [0.25, 0.3) is 5.91 Å². The molecule has 0 radical (unpaired) electrons. The second-order valence-electron chi connectivity index (χ2n) is 9.27. The van der Waals surface area contributed by atoms with Gasteiger partial charge in [-0.1, -0.05) is 76.6 Å². The molecule has 2 N–H and O–H groups in total. The fourth-order valence-electron chi connectivity index (χ4n) is 4.16. The van der Waals surface area contributed by atoms with Crippen molar-refractivity contribution in [1.29, 1.82) is 0 Å². The van der Waals surface area contributed by atoms with Crippen LogP contribution in [0.5, 0.6) is 17.2 Å². The lowest BCUT2D eigenvalue weighted by atomic mass is 9.99. The molecule has 0 aromatic heterocycles. The van der Waals surface area contributed by atoms with Crippen LogP contribution in [0.2, 0.25) is 0 Å². The molecule has 0 aliphatic heterocycles. The van der Waals surface area contributed by atoms with Gasteiger partial charge in [0.15, 0.2) is 0 Å². The lowest BCUT2D eigenvalue weighted by molar-refractivity contribution is -0.139. The number of methoxy groups -OCH3 is 1. The monoisotopic (exact) mass is 633 g/mol.